The number of carbonyl (C=O) groups excluding carboxylic acids is 3. The second-order valence-electron chi connectivity index (χ2n) is 12.5. The molecular weight excluding hydrogens is 584 g/mol. The summed E-state index contributed by atoms with van der Waals surface area (Å²) in [5.74, 6) is -5.84. The summed E-state index contributed by atoms with van der Waals surface area (Å²) in [5.41, 5.74) is -1.05. The molecule has 10 heteroatoms. The number of benzene rings is 2. The molecule has 4 aliphatic rings. The monoisotopic (exact) mass is 620 g/mol. The van der Waals surface area contributed by atoms with Gasteiger partial charge in [-0.25, -0.2) is 0 Å². The molecule has 6 rings (SSSR count). The molecule has 44 heavy (non-hydrogen) atoms. The number of Topliss-reactive ketones (excluding diaryl/α,β-unsaturated/α-hetero) is 3. The smallest absolute Gasteiger partial charge is 0.209 e. The van der Waals surface area contributed by atoms with Gasteiger partial charge in [0.2, 0.25) is 5.78 Å². The average Bonchev–Trinajstić information content (AvgIpc) is 3.44. The molecule has 1 fully saturated rings. The Balaban J connectivity index is 1.44. The Hall–Kier alpha value is -3.50. The Kier molecular flexibility index (Phi) is 7.73. The second-order valence-corrected chi connectivity index (χ2v) is 12.9. The quantitative estimate of drug-likeness (QED) is 0.341. The number of rotatable bonds is 6. The van der Waals surface area contributed by atoms with E-state index in [1.807, 2.05) is 25.1 Å². The van der Waals surface area contributed by atoms with Crippen molar-refractivity contribution in [1.29, 1.82) is 0 Å². The van der Waals surface area contributed by atoms with Crippen LogP contribution in [-0.4, -0.2) is 79.4 Å². The van der Waals surface area contributed by atoms with Gasteiger partial charge in [-0.05, 0) is 81.4 Å². The predicted octanol–water partition coefficient (Wildman–Crippen LogP) is 4.60. The Morgan fingerprint density at radius 3 is 2.52 bits per heavy atom. The molecule has 232 valence electrons. The SMILES string of the molecule is CCN(C)[C@@H]1C(O)=C(C(C)=O)C(=O)[C@@]2(O)C(O)=C3C(=O)c4c(O)cc(C5CCCN5Cc5ccccc5)c(Cl)c4C[C@H]3C[C@@H]12. The number of aliphatic hydroxyl groups is 3. The Bertz CT molecular complexity index is 1630. The van der Waals surface area contributed by atoms with Gasteiger partial charge < -0.3 is 20.4 Å². The fourth-order valence-corrected chi connectivity index (χ4v) is 8.31. The maximum atomic E-state index is 14.0. The number of nitrogens with zero attached hydrogens (tertiary/aromatic N) is 2. The number of aliphatic hydroxyl groups excluding tert-OH is 2. The highest BCUT2D eigenvalue weighted by Gasteiger charge is 2.63. The van der Waals surface area contributed by atoms with Gasteiger partial charge in [-0.15, -0.1) is 0 Å². The van der Waals surface area contributed by atoms with Crippen molar-refractivity contribution in [3.05, 3.63) is 86.3 Å². The molecule has 1 unspecified atom stereocenters. The van der Waals surface area contributed by atoms with Gasteiger partial charge in [0.05, 0.1) is 11.6 Å². The second kappa shape index (κ2) is 11.1. The lowest BCUT2D eigenvalue weighted by Gasteiger charge is -2.50. The minimum atomic E-state index is -2.60. The molecule has 2 aromatic rings. The number of halogens is 1. The molecule has 1 heterocycles. The van der Waals surface area contributed by atoms with Crippen molar-refractivity contribution >= 4 is 29.0 Å². The normalized spacial score (nSPS) is 28.8. The fraction of sp³-hybridized carbons (Fsp3) is 0.441. The molecule has 1 saturated heterocycles. The van der Waals surface area contributed by atoms with Crippen LogP contribution in [0.15, 0.2) is 59.1 Å². The van der Waals surface area contributed by atoms with Crippen molar-refractivity contribution in [2.24, 2.45) is 11.8 Å². The number of likely N-dealkylation sites (tertiary alicyclic amines) is 1. The third-order valence-corrected chi connectivity index (χ3v) is 10.6. The third kappa shape index (κ3) is 4.43. The molecule has 0 radical (unpaired) electrons. The van der Waals surface area contributed by atoms with E-state index >= 15 is 0 Å². The molecule has 2 aromatic carbocycles. The number of ketones is 3. The van der Waals surface area contributed by atoms with E-state index in [9.17, 15) is 34.8 Å². The number of allylic oxidation sites excluding steroid dienone is 1. The van der Waals surface area contributed by atoms with Gasteiger partial charge in [-0.3, -0.25) is 24.2 Å². The minimum absolute atomic E-state index is 0.0538. The van der Waals surface area contributed by atoms with Gasteiger partial charge in [-0.1, -0.05) is 48.9 Å². The van der Waals surface area contributed by atoms with Crippen LogP contribution in [0.25, 0.3) is 0 Å². The molecule has 0 amide bonds. The van der Waals surface area contributed by atoms with Gasteiger partial charge >= 0.3 is 0 Å². The minimum Gasteiger partial charge on any atom is -0.510 e. The molecule has 9 nitrogen and oxygen atoms in total. The third-order valence-electron chi connectivity index (χ3n) is 10.2. The number of fused-ring (bicyclic) bond motifs is 3. The van der Waals surface area contributed by atoms with Crippen LogP contribution in [0.1, 0.15) is 66.2 Å². The van der Waals surface area contributed by atoms with E-state index in [0.29, 0.717) is 23.7 Å². The topological polar surface area (TPSA) is 139 Å². The molecule has 0 saturated carbocycles. The highest BCUT2D eigenvalue weighted by atomic mass is 35.5. The molecular formula is C34H37ClN2O7. The molecule has 3 aliphatic carbocycles. The summed E-state index contributed by atoms with van der Waals surface area (Å²) in [6.45, 7) is 4.91. The molecule has 4 N–H and O–H groups in total. The van der Waals surface area contributed by atoms with Crippen LogP contribution in [0.4, 0.5) is 0 Å². The van der Waals surface area contributed by atoms with Gasteiger partial charge in [0.15, 0.2) is 17.2 Å². The van der Waals surface area contributed by atoms with Crippen molar-refractivity contribution in [2.45, 2.75) is 63.8 Å². The van der Waals surface area contributed by atoms with E-state index in [1.165, 1.54) is 6.07 Å². The Morgan fingerprint density at radius 1 is 1.16 bits per heavy atom. The molecule has 0 spiro atoms. The van der Waals surface area contributed by atoms with Gasteiger partial charge in [0.25, 0.3) is 0 Å². The summed E-state index contributed by atoms with van der Waals surface area (Å²) < 4.78 is 0. The van der Waals surface area contributed by atoms with E-state index in [4.69, 9.17) is 11.6 Å². The average molecular weight is 621 g/mol. The van der Waals surface area contributed by atoms with Crippen LogP contribution in [0.2, 0.25) is 5.02 Å². The fourth-order valence-electron chi connectivity index (χ4n) is 7.95. The van der Waals surface area contributed by atoms with E-state index in [1.54, 1.807) is 11.9 Å². The summed E-state index contributed by atoms with van der Waals surface area (Å²) in [4.78, 5) is 44.1. The highest BCUT2D eigenvalue weighted by Crippen LogP contribution is 2.54. The summed E-state index contributed by atoms with van der Waals surface area (Å²) in [6.07, 6.45) is 2.02. The summed E-state index contributed by atoms with van der Waals surface area (Å²) in [6, 6.07) is 10.6. The number of likely N-dealkylation sites (N-methyl/N-ethyl adjacent to an activating group) is 1. The van der Waals surface area contributed by atoms with E-state index in [2.05, 4.69) is 17.0 Å². The van der Waals surface area contributed by atoms with Crippen LogP contribution in [0, 0.1) is 11.8 Å². The lowest BCUT2D eigenvalue weighted by atomic mass is 9.58. The zero-order chi connectivity index (χ0) is 31.7. The van der Waals surface area contributed by atoms with Gasteiger partial charge in [-0.2, -0.15) is 0 Å². The van der Waals surface area contributed by atoms with E-state index < -0.39 is 57.9 Å². The number of hydrogen-bond donors (Lipinski definition) is 4. The Morgan fingerprint density at radius 2 is 1.86 bits per heavy atom. The first kappa shape index (κ1) is 30.5. The van der Waals surface area contributed by atoms with Crippen LogP contribution >= 0.6 is 11.6 Å². The number of aromatic hydroxyl groups is 1. The van der Waals surface area contributed by atoms with Crippen molar-refractivity contribution in [2.75, 3.05) is 20.1 Å². The standard InChI is InChI=1S/C34H37ClN2O7/c1-4-36(3)29-22-14-19-13-21-27(30(40)26(19)33(43)34(22,44)32(42)25(17(2)38)31(29)41)24(39)15-20(28(21)35)23-11-8-12-37(23)16-18-9-6-5-7-10-18/h5-7,9-10,15,19,22-23,29,39,41,43-44H,4,8,11-14,16H2,1-3H3/t19-,22-,23?,29-,34+/m0/s1. The summed E-state index contributed by atoms with van der Waals surface area (Å²) in [7, 11) is 1.69. The largest absolute Gasteiger partial charge is 0.510 e. The Labute approximate surface area is 261 Å². The molecule has 5 atom stereocenters. The van der Waals surface area contributed by atoms with Crippen molar-refractivity contribution in [1.82, 2.24) is 9.80 Å². The zero-order valence-corrected chi connectivity index (χ0v) is 25.8. The molecule has 0 aromatic heterocycles. The van der Waals surface area contributed by atoms with Gasteiger partial charge in [0.1, 0.15) is 22.8 Å². The van der Waals surface area contributed by atoms with Gasteiger partial charge in [0, 0.05) is 29.1 Å². The number of carbonyl (C=O) groups is 3. The first-order valence-electron chi connectivity index (χ1n) is 15.1. The van der Waals surface area contributed by atoms with Crippen molar-refractivity contribution in [3.8, 4) is 5.75 Å². The van der Waals surface area contributed by atoms with Crippen molar-refractivity contribution in [3.63, 3.8) is 0 Å². The summed E-state index contributed by atoms with van der Waals surface area (Å²) >= 11 is 7.08. The number of hydrogen-bond acceptors (Lipinski definition) is 9. The number of phenols is 1. The van der Waals surface area contributed by atoms with Crippen LogP contribution in [0.3, 0.4) is 0 Å². The maximum absolute atomic E-state index is 14.0. The van der Waals surface area contributed by atoms with Crippen LogP contribution in [0.5, 0.6) is 5.75 Å². The van der Waals surface area contributed by atoms with E-state index in [-0.39, 0.29) is 35.8 Å². The van der Waals surface area contributed by atoms with Crippen molar-refractivity contribution < 1.29 is 34.8 Å². The lowest BCUT2D eigenvalue weighted by molar-refractivity contribution is -0.148. The molecule has 1 aliphatic heterocycles. The first-order valence-corrected chi connectivity index (χ1v) is 15.5. The predicted molar refractivity (Wildman–Crippen MR) is 164 cm³/mol. The van der Waals surface area contributed by atoms with Crippen LogP contribution in [-0.2, 0) is 22.6 Å². The first-order chi connectivity index (χ1) is 20.9. The lowest BCUT2D eigenvalue weighted by Crippen LogP contribution is -2.63. The summed E-state index contributed by atoms with van der Waals surface area (Å²) in [5, 5.41) is 46.3. The molecule has 0 bridgehead atoms. The maximum Gasteiger partial charge on any atom is 0.209 e. The number of phenolic OH excluding ortho intramolecular Hbond substituents is 1. The van der Waals surface area contributed by atoms with Crippen LogP contribution < -0.4 is 0 Å². The zero-order valence-electron chi connectivity index (χ0n) is 25.0. The van der Waals surface area contributed by atoms with E-state index in [0.717, 1.165) is 37.4 Å². The highest BCUT2D eigenvalue weighted by molar-refractivity contribution is 6.33.